The van der Waals surface area contributed by atoms with Gasteiger partial charge in [-0.25, -0.2) is 0 Å². The Morgan fingerprint density at radius 2 is 0.979 bits per heavy atom. The molecule has 0 radical (unpaired) electrons. The first-order valence-corrected chi connectivity index (χ1v) is 16.7. The molecule has 0 unspecified atom stereocenters. The second-order valence-electron chi connectivity index (χ2n) is 12.9. The van der Waals surface area contributed by atoms with Gasteiger partial charge in [-0.1, -0.05) is 158 Å². The Morgan fingerprint density at radius 1 is 0.375 bits per heavy atom. The Morgan fingerprint density at radius 3 is 1.75 bits per heavy atom. The SMILES string of the molecule is c1ccc(-n2c3ccc(-c4ccc5c(c4)C(c4ccccc4)(c4ccccc4)c4ccccc4-5)cc3c3ccc4ccccc4c32)cc1. The minimum atomic E-state index is -0.420. The predicted molar refractivity (Wildman–Crippen MR) is 201 cm³/mol. The van der Waals surface area contributed by atoms with Gasteiger partial charge >= 0.3 is 0 Å². The van der Waals surface area contributed by atoms with Gasteiger partial charge in [0, 0.05) is 21.8 Å². The van der Waals surface area contributed by atoms with E-state index in [4.69, 9.17) is 0 Å². The monoisotopic (exact) mass is 609 g/mol. The fourth-order valence-electron chi connectivity index (χ4n) is 8.43. The highest BCUT2D eigenvalue weighted by molar-refractivity contribution is 6.19. The minimum Gasteiger partial charge on any atom is -0.309 e. The van der Waals surface area contributed by atoms with Crippen molar-refractivity contribution in [2.24, 2.45) is 0 Å². The third-order valence-corrected chi connectivity index (χ3v) is 10.5. The van der Waals surface area contributed by atoms with Crippen LogP contribution in [0.5, 0.6) is 0 Å². The molecule has 224 valence electrons. The molecule has 0 saturated heterocycles. The number of aromatic nitrogens is 1. The standard InChI is InChI=1S/C47H31N/c1-4-15-35(16-5-1)47(36-17-6-2-7-18-36)43-23-13-12-22-39(43)40-27-25-34(31-44(40)47)33-26-29-45-42(30-33)41-28-24-32-14-10-11-21-38(32)46(41)48(45)37-19-8-3-9-20-37/h1-31H. The first-order valence-electron chi connectivity index (χ1n) is 16.7. The lowest BCUT2D eigenvalue weighted by atomic mass is 9.67. The lowest BCUT2D eigenvalue weighted by Gasteiger charge is -2.34. The molecule has 1 nitrogen and oxygen atoms in total. The van der Waals surface area contributed by atoms with E-state index in [0.29, 0.717) is 0 Å². The highest BCUT2D eigenvalue weighted by atomic mass is 15.0. The average Bonchev–Trinajstić information content (AvgIpc) is 3.66. The lowest BCUT2D eigenvalue weighted by Crippen LogP contribution is -2.28. The van der Waals surface area contributed by atoms with Crippen LogP contribution in [0.1, 0.15) is 22.3 Å². The molecular weight excluding hydrogens is 579 g/mol. The summed E-state index contributed by atoms with van der Waals surface area (Å²) in [6.07, 6.45) is 0. The van der Waals surface area contributed by atoms with Gasteiger partial charge in [0.2, 0.25) is 0 Å². The normalized spacial score (nSPS) is 13.2. The zero-order valence-corrected chi connectivity index (χ0v) is 26.3. The maximum Gasteiger partial charge on any atom is 0.0713 e. The van der Waals surface area contributed by atoms with Crippen molar-refractivity contribution in [2.75, 3.05) is 0 Å². The zero-order chi connectivity index (χ0) is 31.7. The van der Waals surface area contributed by atoms with Crippen LogP contribution in [0.2, 0.25) is 0 Å². The van der Waals surface area contributed by atoms with E-state index >= 15 is 0 Å². The van der Waals surface area contributed by atoms with Gasteiger partial charge in [0.25, 0.3) is 0 Å². The van der Waals surface area contributed by atoms with Crippen molar-refractivity contribution in [2.45, 2.75) is 5.41 Å². The third-order valence-electron chi connectivity index (χ3n) is 10.5. The first kappa shape index (κ1) is 27.0. The van der Waals surface area contributed by atoms with Crippen molar-refractivity contribution in [3.05, 3.63) is 210 Å². The Bertz CT molecular complexity index is 2610. The smallest absolute Gasteiger partial charge is 0.0713 e. The molecule has 10 rings (SSSR count). The lowest BCUT2D eigenvalue weighted by molar-refractivity contribution is 0.769. The maximum atomic E-state index is 2.46. The Kier molecular flexibility index (Phi) is 5.86. The zero-order valence-electron chi connectivity index (χ0n) is 26.3. The molecule has 1 aromatic heterocycles. The molecule has 0 bridgehead atoms. The molecule has 1 heteroatoms. The summed E-state index contributed by atoms with van der Waals surface area (Å²) in [5.41, 5.74) is 13.5. The summed E-state index contributed by atoms with van der Waals surface area (Å²) in [4.78, 5) is 0. The summed E-state index contributed by atoms with van der Waals surface area (Å²) in [6, 6.07) is 69.3. The van der Waals surface area contributed by atoms with Crippen LogP contribution in [-0.2, 0) is 5.41 Å². The van der Waals surface area contributed by atoms with Gasteiger partial charge in [0.05, 0.1) is 16.4 Å². The van der Waals surface area contributed by atoms with Crippen molar-refractivity contribution >= 4 is 32.6 Å². The summed E-state index contributed by atoms with van der Waals surface area (Å²) in [5, 5.41) is 5.05. The number of nitrogens with zero attached hydrogens (tertiary/aromatic N) is 1. The number of hydrogen-bond acceptors (Lipinski definition) is 0. The van der Waals surface area contributed by atoms with E-state index in [2.05, 4.69) is 193 Å². The molecule has 48 heavy (non-hydrogen) atoms. The van der Waals surface area contributed by atoms with Gasteiger partial charge in [0.15, 0.2) is 0 Å². The molecule has 8 aromatic carbocycles. The van der Waals surface area contributed by atoms with E-state index in [1.54, 1.807) is 0 Å². The van der Waals surface area contributed by atoms with Gasteiger partial charge in [-0.2, -0.15) is 0 Å². The molecule has 0 amide bonds. The van der Waals surface area contributed by atoms with E-state index in [1.807, 2.05) is 0 Å². The van der Waals surface area contributed by atoms with Crippen LogP contribution in [-0.4, -0.2) is 4.57 Å². The summed E-state index contributed by atoms with van der Waals surface area (Å²) in [7, 11) is 0. The molecular formula is C47H31N. The van der Waals surface area contributed by atoms with E-state index < -0.39 is 5.41 Å². The van der Waals surface area contributed by atoms with Crippen LogP contribution in [0.15, 0.2) is 188 Å². The Labute approximate surface area is 280 Å². The quantitative estimate of drug-likeness (QED) is 0.187. The summed E-state index contributed by atoms with van der Waals surface area (Å²) in [6.45, 7) is 0. The highest BCUT2D eigenvalue weighted by Gasteiger charge is 2.46. The van der Waals surface area contributed by atoms with Crippen LogP contribution in [0.25, 0.3) is 60.5 Å². The molecule has 0 saturated carbocycles. The van der Waals surface area contributed by atoms with Gasteiger partial charge < -0.3 is 4.57 Å². The van der Waals surface area contributed by atoms with E-state index in [0.717, 1.165) is 0 Å². The molecule has 0 aliphatic heterocycles. The van der Waals surface area contributed by atoms with Crippen LogP contribution >= 0.6 is 0 Å². The minimum absolute atomic E-state index is 0.420. The highest BCUT2D eigenvalue weighted by Crippen LogP contribution is 2.56. The molecule has 0 N–H and O–H groups in total. The molecule has 9 aromatic rings. The second kappa shape index (κ2) is 10.4. The van der Waals surface area contributed by atoms with Crippen LogP contribution in [0.4, 0.5) is 0 Å². The van der Waals surface area contributed by atoms with Gasteiger partial charge in [-0.15, -0.1) is 0 Å². The predicted octanol–water partition coefficient (Wildman–Crippen LogP) is 12.0. The average molecular weight is 610 g/mol. The fraction of sp³-hybridized carbons (Fsp3) is 0.0213. The van der Waals surface area contributed by atoms with Crippen molar-refractivity contribution in [1.29, 1.82) is 0 Å². The van der Waals surface area contributed by atoms with E-state index in [-0.39, 0.29) is 0 Å². The molecule has 0 spiro atoms. The fourth-order valence-corrected chi connectivity index (χ4v) is 8.43. The Hall–Kier alpha value is -6.18. The topological polar surface area (TPSA) is 4.93 Å². The van der Waals surface area contributed by atoms with Gasteiger partial charge in [-0.05, 0) is 80.2 Å². The molecule has 1 aliphatic carbocycles. The van der Waals surface area contributed by atoms with Crippen molar-refractivity contribution < 1.29 is 0 Å². The van der Waals surface area contributed by atoms with Crippen LogP contribution in [0, 0.1) is 0 Å². The van der Waals surface area contributed by atoms with Crippen LogP contribution in [0.3, 0.4) is 0 Å². The number of hydrogen-bond donors (Lipinski definition) is 0. The number of rotatable bonds is 4. The number of para-hydroxylation sites is 1. The number of benzene rings is 8. The summed E-state index contributed by atoms with van der Waals surface area (Å²) >= 11 is 0. The molecule has 1 heterocycles. The summed E-state index contributed by atoms with van der Waals surface area (Å²) in [5.74, 6) is 0. The number of fused-ring (bicyclic) bond motifs is 8. The Balaban J connectivity index is 1.25. The van der Waals surface area contributed by atoms with Gasteiger partial charge in [-0.3, -0.25) is 0 Å². The van der Waals surface area contributed by atoms with Crippen molar-refractivity contribution in [3.8, 4) is 27.9 Å². The molecule has 0 fully saturated rings. The van der Waals surface area contributed by atoms with E-state index in [9.17, 15) is 0 Å². The summed E-state index contributed by atoms with van der Waals surface area (Å²) < 4.78 is 2.44. The van der Waals surface area contributed by atoms with Gasteiger partial charge in [0.1, 0.15) is 0 Å². The van der Waals surface area contributed by atoms with Crippen molar-refractivity contribution in [1.82, 2.24) is 4.57 Å². The second-order valence-corrected chi connectivity index (χ2v) is 12.9. The van der Waals surface area contributed by atoms with Crippen molar-refractivity contribution in [3.63, 3.8) is 0 Å². The first-order chi connectivity index (χ1) is 23.8. The largest absolute Gasteiger partial charge is 0.309 e. The molecule has 0 atom stereocenters. The van der Waals surface area contributed by atoms with Crippen LogP contribution < -0.4 is 0 Å². The maximum absolute atomic E-state index is 2.46. The molecule has 1 aliphatic rings. The third kappa shape index (κ3) is 3.73. The van der Waals surface area contributed by atoms with E-state index in [1.165, 1.54) is 82.8 Å².